The summed E-state index contributed by atoms with van der Waals surface area (Å²) in [6, 6.07) is 1.78. The quantitative estimate of drug-likeness (QED) is 0.896. The number of nitrogens with zero attached hydrogens (tertiary/aromatic N) is 4. The number of aryl methyl sites for hydroxylation is 1. The van der Waals surface area contributed by atoms with Crippen LogP contribution < -0.4 is 0 Å². The lowest BCUT2D eigenvalue weighted by atomic mass is 10.1. The molecule has 0 saturated carbocycles. The minimum Gasteiger partial charge on any atom is -0.481 e. The summed E-state index contributed by atoms with van der Waals surface area (Å²) in [4.78, 5) is 11.8. The van der Waals surface area contributed by atoms with E-state index in [1.165, 1.54) is 0 Å². The Kier molecular flexibility index (Phi) is 3.71. The van der Waals surface area contributed by atoms with Crippen molar-refractivity contribution in [1.29, 1.82) is 0 Å². The van der Waals surface area contributed by atoms with Gasteiger partial charge in [0.05, 0.1) is 17.3 Å². The van der Waals surface area contributed by atoms with Crippen LogP contribution in [0.25, 0.3) is 10.7 Å². The van der Waals surface area contributed by atoms with Crippen LogP contribution >= 0.6 is 11.3 Å². The lowest BCUT2D eigenvalue weighted by Gasteiger charge is -2.13. The van der Waals surface area contributed by atoms with Gasteiger partial charge in [-0.05, 0) is 40.8 Å². The van der Waals surface area contributed by atoms with E-state index in [1.54, 1.807) is 16.0 Å². The molecular formula is C11H14N4O2S. The number of thiophene rings is 1. The molecule has 7 heteroatoms. The average Bonchev–Trinajstić information content (AvgIpc) is 2.93. The molecular weight excluding hydrogens is 252 g/mol. The van der Waals surface area contributed by atoms with Gasteiger partial charge in [-0.15, -0.1) is 16.4 Å². The average molecular weight is 266 g/mol. The van der Waals surface area contributed by atoms with Crippen LogP contribution in [0.15, 0.2) is 11.4 Å². The second-order valence-corrected chi connectivity index (χ2v) is 4.96. The lowest BCUT2D eigenvalue weighted by Crippen LogP contribution is -2.15. The standard InChI is InChI=1S/C11H14N4O2S/c1-3-8(6-9(16)17)15-11(12-13-14-15)10-7(2)4-5-18-10/h4-5,8H,3,6H2,1-2H3,(H,16,17). The van der Waals surface area contributed by atoms with Gasteiger partial charge in [0.15, 0.2) is 5.82 Å². The molecule has 2 rings (SSSR count). The molecule has 1 atom stereocenters. The van der Waals surface area contributed by atoms with Gasteiger partial charge in [-0.2, -0.15) is 0 Å². The second-order valence-electron chi connectivity index (χ2n) is 4.04. The maximum Gasteiger partial charge on any atom is 0.305 e. The van der Waals surface area contributed by atoms with Crippen LogP contribution in [-0.4, -0.2) is 31.3 Å². The molecule has 0 saturated heterocycles. The first-order valence-corrected chi connectivity index (χ1v) is 6.55. The van der Waals surface area contributed by atoms with Crippen molar-refractivity contribution in [3.63, 3.8) is 0 Å². The van der Waals surface area contributed by atoms with Crippen LogP contribution in [0.2, 0.25) is 0 Å². The van der Waals surface area contributed by atoms with Gasteiger partial charge in [0.2, 0.25) is 0 Å². The van der Waals surface area contributed by atoms with Crippen LogP contribution in [0, 0.1) is 6.92 Å². The van der Waals surface area contributed by atoms with Gasteiger partial charge in [-0.1, -0.05) is 6.92 Å². The Balaban J connectivity index is 2.38. The molecule has 0 amide bonds. The van der Waals surface area contributed by atoms with Crippen molar-refractivity contribution < 1.29 is 9.90 Å². The van der Waals surface area contributed by atoms with Gasteiger partial charge in [0.25, 0.3) is 0 Å². The highest BCUT2D eigenvalue weighted by Gasteiger charge is 2.21. The SMILES string of the molecule is CCC(CC(=O)O)n1nnnc1-c1sccc1C. The Morgan fingerprint density at radius 1 is 1.61 bits per heavy atom. The summed E-state index contributed by atoms with van der Waals surface area (Å²) in [5.74, 6) is -0.193. The Morgan fingerprint density at radius 3 is 2.94 bits per heavy atom. The van der Waals surface area contributed by atoms with Crippen molar-refractivity contribution in [3.8, 4) is 10.7 Å². The molecule has 0 aromatic carbocycles. The first-order chi connectivity index (χ1) is 8.63. The number of carbonyl (C=O) groups is 1. The Hall–Kier alpha value is -1.76. The van der Waals surface area contributed by atoms with Gasteiger partial charge in [-0.3, -0.25) is 4.79 Å². The summed E-state index contributed by atoms with van der Waals surface area (Å²) in [6.45, 7) is 3.92. The molecule has 0 aliphatic rings. The Morgan fingerprint density at radius 2 is 2.39 bits per heavy atom. The van der Waals surface area contributed by atoms with E-state index in [1.807, 2.05) is 25.3 Å². The third-order valence-corrected chi connectivity index (χ3v) is 3.80. The van der Waals surface area contributed by atoms with Crippen molar-refractivity contribution in [2.24, 2.45) is 0 Å². The maximum atomic E-state index is 10.8. The summed E-state index contributed by atoms with van der Waals surface area (Å²) in [7, 11) is 0. The number of aliphatic carboxylic acids is 1. The fraction of sp³-hybridized carbons (Fsp3) is 0.455. The predicted octanol–water partition coefficient (Wildman–Crippen LogP) is 2.14. The number of hydrogen-bond donors (Lipinski definition) is 1. The van der Waals surface area contributed by atoms with Crippen LogP contribution in [0.3, 0.4) is 0 Å². The van der Waals surface area contributed by atoms with Gasteiger partial charge in [0, 0.05) is 0 Å². The van der Waals surface area contributed by atoms with Gasteiger partial charge in [-0.25, -0.2) is 4.68 Å². The van der Waals surface area contributed by atoms with Crippen LogP contribution in [0.4, 0.5) is 0 Å². The number of tetrazole rings is 1. The summed E-state index contributed by atoms with van der Waals surface area (Å²) < 4.78 is 1.62. The van der Waals surface area contributed by atoms with E-state index in [-0.39, 0.29) is 12.5 Å². The van der Waals surface area contributed by atoms with Crippen molar-refractivity contribution in [3.05, 3.63) is 17.0 Å². The van der Waals surface area contributed by atoms with Crippen LogP contribution in [0.1, 0.15) is 31.4 Å². The van der Waals surface area contributed by atoms with E-state index < -0.39 is 5.97 Å². The zero-order valence-corrected chi connectivity index (χ0v) is 11.0. The van der Waals surface area contributed by atoms with Crippen molar-refractivity contribution in [2.75, 3.05) is 0 Å². The minimum atomic E-state index is -0.841. The normalized spacial score (nSPS) is 12.6. The molecule has 0 aliphatic carbocycles. The fourth-order valence-corrected chi connectivity index (χ4v) is 2.70. The van der Waals surface area contributed by atoms with Crippen molar-refractivity contribution >= 4 is 17.3 Å². The first kappa shape index (κ1) is 12.7. The molecule has 0 fully saturated rings. The molecule has 0 radical (unpaired) electrons. The van der Waals surface area contributed by atoms with E-state index in [9.17, 15) is 4.79 Å². The highest BCUT2D eigenvalue weighted by Crippen LogP contribution is 2.29. The largest absolute Gasteiger partial charge is 0.481 e. The maximum absolute atomic E-state index is 10.8. The third-order valence-electron chi connectivity index (χ3n) is 2.79. The van der Waals surface area contributed by atoms with Crippen molar-refractivity contribution in [1.82, 2.24) is 20.2 Å². The zero-order chi connectivity index (χ0) is 13.1. The minimum absolute atomic E-state index is 0.0267. The Bertz CT molecular complexity index is 549. The molecule has 0 spiro atoms. The molecule has 2 aromatic heterocycles. The molecule has 18 heavy (non-hydrogen) atoms. The van der Waals surface area contributed by atoms with Crippen LogP contribution in [-0.2, 0) is 4.79 Å². The molecule has 0 bridgehead atoms. The molecule has 0 aliphatic heterocycles. The lowest BCUT2D eigenvalue weighted by molar-refractivity contribution is -0.138. The summed E-state index contributed by atoms with van der Waals surface area (Å²) >= 11 is 1.56. The van der Waals surface area contributed by atoms with E-state index in [2.05, 4.69) is 15.5 Å². The summed E-state index contributed by atoms with van der Waals surface area (Å²) in [5, 5.41) is 22.5. The monoisotopic (exact) mass is 266 g/mol. The van der Waals surface area contributed by atoms with Gasteiger partial charge in [0.1, 0.15) is 0 Å². The Labute approximate surface area is 108 Å². The highest BCUT2D eigenvalue weighted by atomic mass is 32.1. The number of rotatable bonds is 5. The smallest absolute Gasteiger partial charge is 0.305 e. The molecule has 1 unspecified atom stereocenters. The zero-order valence-electron chi connectivity index (χ0n) is 10.2. The van der Waals surface area contributed by atoms with E-state index in [4.69, 9.17) is 5.11 Å². The molecule has 96 valence electrons. The molecule has 2 aromatic rings. The topological polar surface area (TPSA) is 80.9 Å². The highest BCUT2D eigenvalue weighted by molar-refractivity contribution is 7.13. The van der Waals surface area contributed by atoms with E-state index >= 15 is 0 Å². The van der Waals surface area contributed by atoms with Gasteiger partial charge >= 0.3 is 5.97 Å². The number of carboxylic acids is 1. The number of hydrogen-bond acceptors (Lipinski definition) is 5. The van der Waals surface area contributed by atoms with Gasteiger partial charge < -0.3 is 5.11 Å². The third kappa shape index (κ3) is 2.40. The first-order valence-electron chi connectivity index (χ1n) is 5.67. The predicted molar refractivity (Wildman–Crippen MR) is 67.4 cm³/mol. The van der Waals surface area contributed by atoms with E-state index in [0.29, 0.717) is 12.2 Å². The summed E-state index contributed by atoms with van der Waals surface area (Å²) in [5.41, 5.74) is 1.10. The van der Waals surface area contributed by atoms with Crippen molar-refractivity contribution in [2.45, 2.75) is 32.7 Å². The fourth-order valence-electron chi connectivity index (χ4n) is 1.80. The second kappa shape index (κ2) is 5.26. The molecule has 1 N–H and O–H groups in total. The molecule has 6 nitrogen and oxygen atoms in total. The van der Waals surface area contributed by atoms with E-state index in [0.717, 1.165) is 10.4 Å². The number of aromatic nitrogens is 4. The molecule has 2 heterocycles. The number of carboxylic acid groups (broad SMARTS) is 1. The van der Waals surface area contributed by atoms with Crippen LogP contribution in [0.5, 0.6) is 0 Å². The summed E-state index contributed by atoms with van der Waals surface area (Å²) in [6.07, 6.45) is 0.702.